The van der Waals surface area contributed by atoms with E-state index < -0.39 is 0 Å². The number of carbonyl (C=O) groups is 1. The van der Waals surface area contributed by atoms with Crippen molar-refractivity contribution < 1.29 is 4.79 Å². The van der Waals surface area contributed by atoms with Gasteiger partial charge in [-0.15, -0.1) is 0 Å². The molecular formula is C13H19NO. The molecule has 0 amide bonds. The zero-order chi connectivity index (χ0) is 11.3. The van der Waals surface area contributed by atoms with E-state index in [4.69, 9.17) is 0 Å². The van der Waals surface area contributed by atoms with Gasteiger partial charge < -0.3 is 0 Å². The van der Waals surface area contributed by atoms with E-state index in [2.05, 4.69) is 18.8 Å². The maximum absolute atomic E-state index is 11.5. The SMILES string of the molecule is Cc1cc(CCC(=O)CC(C)C)ccn1. The highest BCUT2D eigenvalue weighted by molar-refractivity contribution is 5.78. The van der Waals surface area contributed by atoms with Gasteiger partial charge in [-0.05, 0) is 37.0 Å². The van der Waals surface area contributed by atoms with Crippen LogP contribution < -0.4 is 0 Å². The van der Waals surface area contributed by atoms with Crippen LogP contribution in [0.5, 0.6) is 0 Å². The van der Waals surface area contributed by atoms with Gasteiger partial charge in [-0.1, -0.05) is 13.8 Å². The van der Waals surface area contributed by atoms with Crippen molar-refractivity contribution in [2.45, 2.75) is 40.0 Å². The number of hydrogen-bond donors (Lipinski definition) is 0. The summed E-state index contributed by atoms with van der Waals surface area (Å²) in [6.07, 6.45) is 4.00. The van der Waals surface area contributed by atoms with Crippen LogP contribution in [0.1, 0.15) is 37.9 Å². The molecule has 0 atom stereocenters. The smallest absolute Gasteiger partial charge is 0.133 e. The van der Waals surface area contributed by atoms with Crippen molar-refractivity contribution >= 4 is 5.78 Å². The molecule has 0 aliphatic rings. The van der Waals surface area contributed by atoms with Gasteiger partial charge in [0.15, 0.2) is 0 Å². The molecule has 0 bridgehead atoms. The van der Waals surface area contributed by atoms with E-state index in [0.717, 1.165) is 12.1 Å². The van der Waals surface area contributed by atoms with Gasteiger partial charge in [0.1, 0.15) is 5.78 Å². The fourth-order valence-electron chi connectivity index (χ4n) is 1.60. The molecule has 0 saturated carbocycles. The van der Waals surface area contributed by atoms with Gasteiger partial charge >= 0.3 is 0 Å². The minimum atomic E-state index is 0.361. The first-order chi connectivity index (χ1) is 7.08. The van der Waals surface area contributed by atoms with Crippen molar-refractivity contribution in [1.82, 2.24) is 4.98 Å². The molecule has 0 N–H and O–H groups in total. The van der Waals surface area contributed by atoms with Crippen LogP contribution >= 0.6 is 0 Å². The molecule has 82 valence electrons. The lowest BCUT2D eigenvalue weighted by Gasteiger charge is -2.04. The van der Waals surface area contributed by atoms with E-state index in [1.54, 1.807) is 6.20 Å². The molecule has 0 aliphatic heterocycles. The van der Waals surface area contributed by atoms with E-state index in [1.807, 2.05) is 19.1 Å². The molecule has 1 heterocycles. The van der Waals surface area contributed by atoms with Gasteiger partial charge in [-0.2, -0.15) is 0 Å². The molecule has 0 radical (unpaired) electrons. The molecule has 1 aromatic rings. The number of Topliss-reactive ketones (excluding diaryl/α,β-unsaturated/α-hetero) is 1. The van der Waals surface area contributed by atoms with Crippen molar-refractivity contribution in [3.8, 4) is 0 Å². The quantitative estimate of drug-likeness (QED) is 0.739. The van der Waals surface area contributed by atoms with E-state index in [1.165, 1.54) is 5.56 Å². The highest BCUT2D eigenvalue weighted by Gasteiger charge is 2.05. The summed E-state index contributed by atoms with van der Waals surface area (Å²) in [7, 11) is 0. The number of aryl methyl sites for hydroxylation is 2. The first-order valence-electron chi connectivity index (χ1n) is 5.51. The molecule has 1 aromatic heterocycles. The molecule has 0 fully saturated rings. The predicted molar refractivity (Wildman–Crippen MR) is 61.8 cm³/mol. The largest absolute Gasteiger partial charge is 0.300 e. The Morgan fingerprint density at radius 1 is 1.47 bits per heavy atom. The fourth-order valence-corrected chi connectivity index (χ4v) is 1.60. The second-order valence-electron chi connectivity index (χ2n) is 4.44. The van der Waals surface area contributed by atoms with Crippen LogP contribution in [0, 0.1) is 12.8 Å². The van der Waals surface area contributed by atoms with Crippen LogP contribution in [-0.4, -0.2) is 10.8 Å². The Bertz CT molecular complexity index is 331. The minimum absolute atomic E-state index is 0.361. The van der Waals surface area contributed by atoms with Crippen LogP contribution in [0.15, 0.2) is 18.3 Å². The maximum atomic E-state index is 11.5. The second kappa shape index (κ2) is 5.64. The third-order valence-electron chi connectivity index (χ3n) is 2.29. The summed E-state index contributed by atoms with van der Waals surface area (Å²) in [6.45, 7) is 6.13. The average Bonchev–Trinajstić information content (AvgIpc) is 2.14. The summed E-state index contributed by atoms with van der Waals surface area (Å²) in [6, 6.07) is 4.03. The summed E-state index contributed by atoms with van der Waals surface area (Å²) >= 11 is 0. The average molecular weight is 205 g/mol. The molecule has 0 saturated heterocycles. The van der Waals surface area contributed by atoms with Crippen molar-refractivity contribution in [3.63, 3.8) is 0 Å². The fraction of sp³-hybridized carbons (Fsp3) is 0.538. The van der Waals surface area contributed by atoms with Crippen LogP contribution in [0.3, 0.4) is 0 Å². The van der Waals surface area contributed by atoms with Gasteiger partial charge in [0.05, 0.1) is 0 Å². The Hall–Kier alpha value is -1.18. The Morgan fingerprint density at radius 3 is 2.80 bits per heavy atom. The predicted octanol–water partition coefficient (Wildman–Crippen LogP) is 2.94. The first-order valence-corrected chi connectivity index (χ1v) is 5.51. The first kappa shape index (κ1) is 11.9. The van der Waals surface area contributed by atoms with Gasteiger partial charge in [0.2, 0.25) is 0 Å². The third kappa shape index (κ3) is 4.73. The molecule has 0 aliphatic carbocycles. The number of carbonyl (C=O) groups excluding carboxylic acids is 1. The second-order valence-corrected chi connectivity index (χ2v) is 4.44. The third-order valence-corrected chi connectivity index (χ3v) is 2.29. The standard InChI is InChI=1S/C13H19NO/c1-10(2)8-13(15)5-4-12-6-7-14-11(3)9-12/h6-7,9-10H,4-5,8H2,1-3H3. The van der Waals surface area contributed by atoms with Crippen LogP contribution in [0.2, 0.25) is 0 Å². The molecule has 1 rings (SSSR count). The van der Waals surface area contributed by atoms with Crippen molar-refractivity contribution in [2.75, 3.05) is 0 Å². The van der Waals surface area contributed by atoms with Gasteiger partial charge in [0, 0.05) is 24.7 Å². The van der Waals surface area contributed by atoms with Crippen molar-refractivity contribution in [3.05, 3.63) is 29.6 Å². The molecule has 0 aromatic carbocycles. The zero-order valence-corrected chi connectivity index (χ0v) is 9.79. The van der Waals surface area contributed by atoms with Crippen molar-refractivity contribution in [2.24, 2.45) is 5.92 Å². The van der Waals surface area contributed by atoms with Gasteiger partial charge in [-0.3, -0.25) is 9.78 Å². The molecule has 0 spiro atoms. The van der Waals surface area contributed by atoms with Crippen LogP contribution in [0.25, 0.3) is 0 Å². The molecule has 2 nitrogen and oxygen atoms in total. The molecule has 15 heavy (non-hydrogen) atoms. The summed E-state index contributed by atoms with van der Waals surface area (Å²) < 4.78 is 0. The lowest BCUT2D eigenvalue weighted by Crippen LogP contribution is -2.04. The molecule has 0 unspecified atom stereocenters. The van der Waals surface area contributed by atoms with Crippen molar-refractivity contribution in [1.29, 1.82) is 0 Å². The highest BCUT2D eigenvalue weighted by Crippen LogP contribution is 2.08. The topological polar surface area (TPSA) is 30.0 Å². The number of ketones is 1. The van der Waals surface area contributed by atoms with E-state index in [9.17, 15) is 4.79 Å². The Kier molecular flexibility index (Phi) is 4.47. The van der Waals surface area contributed by atoms with E-state index in [-0.39, 0.29) is 0 Å². The van der Waals surface area contributed by atoms with Gasteiger partial charge in [0.25, 0.3) is 0 Å². The number of rotatable bonds is 5. The number of hydrogen-bond acceptors (Lipinski definition) is 2. The number of pyridine rings is 1. The van der Waals surface area contributed by atoms with E-state index in [0.29, 0.717) is 24.5 Å². The summed E-state index contributed by atoms with van der Waals surface area (Å²) in [5.41, 5.74) is 2.23. The monoisotopic (exact) mass is 205 g/mol. The summed E-state index contributed by atoms with van der Waals surface area (Å²) in [5, 5.41) is 0. The highest BCUT2D eigenvalue weighted by atomic mass is 16.1. The Balaban J connectivity index is 2.40. The minimum Gasteiger partial charge on any atom is -0.300 e. The summed E-state index contributed by atoms with van der Waals surface area (Å²) in [5.74, 6) is 0.830. The number of nitrogens with zero attached hydrogens (tertiary/aromatic N) is 1. The van der Waals surface area contributed by atoms with Crippen LogP contribution in [-0.2, 0) is 11.2 Å². The lowest BCUT2D eigenvalue weighted by atomic mass is 10.0. The summed E-state index contributed by atoms with van der Waals surface area (Å²) in [4.78, 5) is 15.6. The van der Waals surface area contributed by atoms with E-state index >= 15 is 0 Å². The zero-order valence-electron chi connectivity index (χ0n) is 9.79. The Morgan fingerprint density at radius 2 is 2.20 bits per heavy atom. The maximum Gasteiger partial charge on any atom is 0.133 e. The Labute approximate surface area is 91.7 Å². The van der Waals surface area contributed by atoms with Crippen LogP contribution in [0.4, 0.5) is 0 Å². The normalized spacial score (nSPS) is 10.7. The molecular weight excluding hydrogens is 186 g/mol. The van der Waals surface area contributed by atoms with Gasteiger partial charge in [-0.25, -0.2) is 0 Å². The number of aromatic nitrogens is 1. The molecule has 2 heteroatoms. The lowest BCUT2D eigenvalue weighted by molar-refractivity contribution is -0.119.